The lowest BCUT2D eigenvalue weighted by molar-refractivity contribution is 1.17. The zero-order valence-corrected chi connectivity index (χ0v) is 10.5. The van der Waals surface area contributed by atoms with Crippen molar-refractivity contribution in [3.63, 3.8) is 0 Å². The molecule has 0 amide bonds. The largest absolute Gasteiger partial charge is 0.127 e. The van der Waals surface area contributed by atoms with Gasteiger partial charge >= 0.3 is 0 Å². The van der Waals surface area contributed by atoms with Crippen LogP contribution in [0.2, 0.25) is 4.34 Å². The number of aryl methyl sites for hydroxylation is 1. The first-order valence-corrected chi connectivity index (χ1v) is 6.26. The molecule has 0 spiro atoms. The predicted molar refractivity (Wildman–Crippen MR) is 68.2 cm³/mol. The van der Waals surface area contributed by atoms with E-state index in [1.54, 1.807) is 0 Å². The Morgan fingerprint density at radius 3 is 2.60 bits per heavy atom. The van der Waals surface area contributed by atoms with Crippen molar-refractivity contribution in [2.75, 3.05) is 0 Å². The van der Waals surface area contributed by atoms with E-state index in [1.165, 1.54) is 16.9 Å². The van der Waals surface area contributed by atoms with Crippen molar-refractivity contribution < 1.29 is 0 Å². The normalized spacial score (nSPS) is 12.7. The molecule has 1 atom stereocenters. The lowest BCUT2D eigenvalue weighted by Gasteiger charge is -2.07. The molecule has 0 N–H and O–H groups in total. The fourth-order valence-electron chi connectivity index (χ4n) is 1.46. The van der Waals surface area contributed by atoms with E-state index < -0.39 is 0 Å². The number of hydrogen-bond acceptors (Lipinski definition) is 1. The quantitative estimate of drug-likeness (QED) is 0.661. The van der Waals surface area contributed by atoms with E-state index in [9.17, 15) is 0 Å². The molecule has 0 nitrogen and oxygen atoms in total. The van der Waals surface area contributed by atoms with Crippen LogP contribution in [-0.2, 0) is 0 Å². The van der Waals surface area contributed by atoms with Crippen LogP contribution in [0.4, 0.5) is 0 Å². The molecule has 2 aromatic rings. The SMILES string of the molecule is Cc1cccc(C(Cl)c2ccc(Cl)s2)c1. The summed E-state index contributed by atoms with van der Waals surface area (Å²) in [6.45, 7) is 2.06. The van der Waals surface area contributed by atoms with E-state index in [1.807, 2.05) is 24.3 Å². The summed E-state index contributed by atoms with van der Waals surface area (Å²) in [6.07, 6.45) is 0. The van der Waals surface area contributed by atoms with Crippen LogP contribution in [0.25, 0.3) is 0 Å². The molecule has 0 fully saturated rings. The molecular weight excluding hydrogens is 247 g/mol. The van der Waals surface area contributed by atoms with E-state index in [2.05, 4.69) is 19.1 Å². The van der Waals surface area contributed by atoms with Gasteiger partial charge in [0.2, 0.25) is 0 Å². The summed E-state index contributed by atoms with van der Waals surface area (Å²) < 4.78 is 0.781. The van der Waals surface area contributed by atoms with Crippen molar-refractivity contribution >= 4 is 34.5 Å². The Hall–Kier alpha value is -0.500. The molecule has 0 aliphatic heterocycles. The van der Waals surface area contributed by atoms with Gasteiger partial charge in [-0.25, -0.2) is 0 Å². The summed E-state index contributed by atoms with van der Waals surface area (Å²) in [5, 5.41) is -0.0950. The second-order valence-corrected chi connectivity index (χ2v) is 5.60. The number of hydrogen-bond donors (Lipinski definition) is 0. The van der Waals surface area contributed by atoms with Crippen LogP contribution < -0.4 is 0 Å². The molecule has 0 bridgehead atoms. The molecule has 1 unspecified atom stereocenters. The van der Waals surface area contributed by atoms with Gasteiger partial charge in [0.05, 0.1) is 9.71 Å². The summed E-state index contributed by atoms with van der Waals surface area (Å²) in [7, 11) is 0. The predicted octanol–water partition coefficient (Wildman–Crippen LogP) is 5.04. The van der Waals surface area contributed by atoms with E-state index in [0.717, 1.165) is 14.8 Å². The van der Waals surface area contributed by atoms with E-state index in [0.29, 0.717) is 0 Å². The fraction of sp³-hybridized carbons (Fsp3) is 0.167. The molecular formula is C12H10Cl2S. The Labute approximate surface area is 103 Å². The van der Waals surface area contributed by atoms with Crippen LogP contribution in [0.1, 0.15) is 21.4 Å². The second-order valence-electron chi connectivity index (χ2n) is 3.42. The van der Waals surface area contributed by atoms with Crippen LogP contribution in [0.3, 0.4) is 0 Å². The molecule has 1 heterocycles. The van der Waals surface area contributed by atoms with Crippen LogP contribution in [0.15, 0.2) is 36.4 Å². The van der Waals surface area contributed by atoms with Crippen LogP contribution in [0, 0.1) is 6.92 Å². The number of halogens is 2. The third-order valence-corrected chi connectivity index (χ3v) is 4.09. The second kappa shape index (κ2) is 4.56. The van der Waals surface area contributed by atoms with Gasteiger partial charge in [-0.1, -0.05) is 41.4 Å². The number of rotatable bonds is 2. The number of benzene rings is 1. The Morgan fingerprint density at radius 1 is 1.20 bits per heavy atom. The zero-order chi connectivity index (χ0) is 10.8. The molecule has 78 valence electrons. The Bertz CT molecular complexity index is 462. The maximum atomic E-state index is 6.37. The van der Waals surface area contributed by atoms with Crippen LogP contribution in [-0.4, -0.2) is 0 Å². The maximum absolute atomic E-state index is 6.37. The summed E-state index contributed by atoms with van der Waals surface area (Å²) in [5.74, 6) is 0. The topological polar surface area (TPSA) is 0 Å². The fourth-order valence-corrected chi connectivity index (χ4v) is 2.87. The minimum atomic E-state index is -0.0950. The van der Waals surface area contributed by atoms with Gasteiger partial charge in [0, 0.05) is 4.88 Å². The average molecular weight is 257 g/mol. The molecule has 0 aliphatic carbocycles. The first-order chi connectivity index (χ1) is 7.16. The van der Waals surface area contributed by atoms with Crippen molar-refractivity contribution in [2.24, 2.45) is 0 Å². The van der Waals surface area contributed by atoms with Crippen molar-refractivity contribution in [3.05, 3.63) is 56.7 Å². The molecule has 0 aliphatic rings. The van der Waals surface area contributed by atoms with Gasteiger partial charge in [-0.05, 0) is 24.6 Å². The van der Waals surface area contributed by atoms with Crippen molar-refractivity contribution in [1.29, 1.82) is 0 Å². The molecule has 1 aromatic carbocycles. The summed E-state index contributed by atoms with van der Waals surface area (Å²) in [5.41, 5.74) is 2.34. The first kappa shape index (κ1) is 11.0. The molecule has 0 saturated heterocycles. The average Bonchev–Trinajstić information content (AvgIpc) is 2.64. The minimum absolute atomic E-state index is 0.0950. The van der Waals surface area contributed by atoms with Crippen molar-refractivity contribution in [1.82, 2.24) is 0 Å². The molecule has 1 aromatic heterocycles. The highest BCUT2D eigenvalue weighted by atomic mass is 35.5. The van der Waals surface area contributed by atoms with Gasteiger partial charge in [0.15, 0.2) is 0 Å². The summed E-state index contributed by atoms with van der Waals surface area (Å²) >= 11 is 13.8. The zero-order valence-electron chi connectivity index (χ0n) is 8.21. The lowest BCUT2D eigenvalue weighted by Crippen LogP contribution is -1.90. The summed E-state index contributed by atoms with van der Waals surface area (Å²) in [4.78, 5) is 1.09. The highest BCUT2D eigenvalue weighted by molar-refractivity contribution is 7.16. The Kier molecular flexibility index (Phi) is 3.35. The highest BCUT2D eigenvalue weighted by Gasteiger charge is 2.12. The Balaban J connectivity index is 2.32. The smallest absolute Gasteiger partial charge is 0.0931 e. The third-order valence-electron chi connectivity index (χ3n) is 2.18. The van der Waals surface area contributed by atoms with Gasteiger partial charge in [-0.2, -0.15) is 0 Å². The van der Waals surface area contributed by atoms with Gasteiger partial charge in [0.25, 0.3) is 0 Å². The highest BCUT2D eigenvalue weighted by Crippen LogP contribution is 2.35. The first-order valence-electron chi connectivity index (χ1n) is 4.62. The van der Waals surface area contributed by atoms with E-state index in [4.69, 9.17) is 23.2 Å². The van der Waals surface area contributed by atoms with Crippen molar-refractivity contribution in [2.45, 2.75) is 12.3 Å². The standard InChI is InChI=1S/C12H10Cl2S/c1-8-3-2-4-9(7-8)12(14)10-5-6-11(13)15-10/h2-7,12H,1H3. The van der Waals surface area contributed by atoms with E-state index >= 15 is 0 Å². The molecule has 0 saturated carbocycles. The minimum Gasteiger partial charge on any atom is -0.127 e. The van der Waals surface area contributed by atoms with Crippen LogP contribution >= 0.6 is 34.5 Å². The molecule has 2 rings (SSSR count). The van der Waals surface area contributed by atoms with Gasteiger partial charge in [-0.3, -0.25) is 0 Å². The molecule has 15 heavy (non-hydrogen) atoms. The number of thiophene rings is 1. The van der Waals surface area contributed by atoms with Gasteiger partial charge in [-0.15, -0.1) is 22.9 Å². The lowest BCUT2D eigenvalue weighted by atomic mass is 10.1. The van der Waals surface area contributed by atoms with E-state index in [-0.39, 0.29) is 5.38 Å². The van der Waals surface area contributed by atoms with Gasteiger partial charge < -0.3 is 0 Å². The third kappa shape index (κ3) is 2.54. The van der Waals surface area contributed by atoms with Crippen LogP contribution in [0.5, 0.6) is 0 Å². The number of alkyl halides is 1. The monoisotopic (exact) mass is 256 g/mol. The Morgan fingerprint density at radius 2 is 2.00 bits per heavy atom. The van der Waals surface area contributed by atoms with Crippen molar-refractivity contribution in [3.8, 4) is 0 Å². The molecule has 3 heteroatoms. The summed E-state index contributed by atoms with van der Waals surface area (Å²) in [6, 6.07) is 12.1. The molecule has 0 radical (unpaired) electrons. The van der Waals surface area contributed by atoms with Gasteiger partial charge in [0.1, 0.15) is 0 Å². The maximum Gasteiger partial charge on any atom is 0.0931 e.